The van der Waals surface area contributed by atoms with Crippen LogP contribution in [0.25, 0.3) is 0 Å². The van der Waals surface area contributed by atoms with Gasteiger partial charge in [-0.25, -0.2) is 0 Å². The minimum absolute atomic E-state index is 0.0179. The van der Waals surface area contributed by atoms with Crippen molar-refractivity contribution in [2.45, 2.75) is 75.2 Å². The van der Waals surface area contributed by atoms with E-state index in [0.717, 1.165) is 0 Å². The smallest absolute Gasteiger partial charge is 0.469 e. The minimum atomic E-state index is -6.02. The van der Waals surface area contributed by atoms with E-state index in [1.54, 1.807) is 0 Å². The monoisotopic (exact) mass is 536 g/mol. The number of ether oxygens (including phenoxy) is 3. The molecule has 13 heteroatoms. The predicted molar refractivity (Wildman–Crippen MR) is 113 cm³/mol. The van der Waals surface area contributed by atoms with Crippen molar-refractivity contribution < 1.29 is 54.4 Å². The standard InChI is InChI=1S/C23H27F3O9S/c1-11-9-20-10-21(11,33-12(2)27)7-5-13(20)22-8-6-14(35-36(30,31)23(24,25)26)19(3,18(29)34-22)16(22)15(20)17(28)32-4/h13-16H,1,5-10H2,2-4H3/t13?,14-,15-,16?,19+,20+,21+,22-/m1/s1. The third-order valence-electron chi connectivity index (χ3n) is 9.56. The van der Waals surface area contributed by atoms with E-state index in [4.69, 9.17) is 14.2 Å². The molecule has 0 radical (unpaired) electrons. The first-order valence-corrected chi connectivity index (χ1v) is 13.1. The van der Waals surface area contributed by atoms with E-state index < -0.39 is 79.4 Å². The van der Waals surface area contributed by atoms with Crippen molar-refractivity contribution in [3.63, 3.8) is 0 Å². The lowest BCUT2D eigenvalue weighted by Crippen LogP contribution is -2.55. The molecule has 0 N–H and O–H groups in total. The van der Waals surface area contributed by atoms with Gasteiger partial charge in [-0.3, -0.25) is 18.6 Å². The zero-order valence-electron chi connectivity index (χ0n) is 20.0. The molecule has 1 spiro atoms. The molecule has 4 saturated carbocycles. The number of methoxy groups -OCH3 is 1. The third kappa shape index (κ3) is 2.87. The van der Waals surface area contributed by atoms with Gasteiger partial charge in [-0.05, 0) is 56.4 Å². The first kappa shape index (κ1) is 25.5. The number of hydrogen-bond donors (Lipinski definition) is 0. The maximum atomic E-state index is 13.4. The van der Waals surface area contributed by atoms with Gasteiger partial charge in [-0.1, -0.05) is 6.58 Å². The number of carbonyl (C=O) groups excluding carboxylic acids is 3. The van der Waals surface area contributed by atoms with Crippen LogP contribution >= 0.6 is 0 Å². The van der Waals surface area contributed by atoms with Crippen LogP contribution in [0, 0.1) is 28.6 Å². The molecule has 0 aromatic carbocycles. The van der Waals surface area contributed by atoms with Crippen LogP contribution in [0.1, 0.15) is 52.4 Å². The Morgan fingerprint density at radius 2 is 1.86 bits per heavy atom. The van der Waals surface area contributed by atoms with Crippen molar-refractivity contribution in [3.8, 4) is 0 Å². The Balaban J connectivity index is 1.65. The molecule has 0 amide bonds. The quantitative estimate of drug-likeness (QED) is 0.175. The van der Waals surface area contributed by atoms with Crippen molar-refractivity contribution in [2.24, 2.45) is 28.6 Å². The second kappa shape index (κ2) is 7.24. The molecule has 4 aliphatic carbocycles. The molecule has 2 unspecified atom stereocenters. The number of rotatable bonds is 4. The molecule has 8 atom stereocenters. The van der Waals surface area contributed by atoms with Gasteiger partial charge in [0.05, 0.1) is 19.1 Å². The van der Waals surface area contributed by atoms with Gasteiger partial charge in [0.1, 0.15) is 16.6 Å². The number of carbonyl (C=O) groups is 3. The van der Waals surface area contributed by atoms with Crippen molar-refractivity contribution >= 4 is 28.0 Å². The first-order valence-electron chi connectivity index (χ1n) is 11.7. The fourth-order valence-corrected chi connectivity index (χ4v) is 9.22. The Labute approximate surface area is 205 Å². The average Bonchev–Trinajstić information content (AvgIpc) is 3.18. The summed E-state index contributed by atoms with van der Waals surface area (Å²) < 4.78 is 84.8. The molecule has 5 aliphatic rings. The maximum absolute atomic E-state index is 13.4. The summed E-state index contributed by atoms with van der Waals surface area (Å²) >= 11 is 0. The summed E-state index contributed by atoms with van der Waals surface area (Å²) in [4.78, 5) is 38.7. The fraction of sp³-hybridized carbons (Fsp3) is 0.783. The highest BCUT2D eigenvalue weighted by molar-refractivity contribution is 7.87. The van der Waals surface area contributed by atoms with Gasteiger partial charge in [0.25, 0.3) is 0 Å². The molecule has 0 aromatic heterocycles. The van der Waals surface area contributed by atoms with E-state index in [1.165, 1.54) is 21.0 Å². The highest BCUT2D eigenvalue weighted by Gasteiger charge is 2.85. The van der Waals surface area contributed by atoms with Gasteiger partial charge in [0.15, 0.2) is 0 Å². The fourth-order valence-electron chi connectivity index (χ4n) is 8.51. The van der Waals surface area contributed by atoms with Crippen LogP contribution in [0.15, 0.2) is 12.2 Å². The summed E-state index contributed by atoms with van der Waals surface area (Å²) in [5.74, 6) is -4.54. The summed E-state index contributed by atoms with van der Waals surface area (Å²) in [5.41, 5.74) is -10.1. The van der Waals surface area contributed by atoms with E-state index in [9.17, 15) is 36.0 Å². The molecule has 4 bridgehead atoms. The van der Waals surface area contributed by atoms with Crippen LogP contribution in [0.5, 0.6) is 0 Å². The summed E-state index contributed by atoms with van der Waals surface area (Å²) in [7, 11) is -4.85. The summed E-state index contributed by atoms with van der Waals surface area (Å²) in [6, 6.07) is 0. The molecular weight excluding hydrogens is 509 g/mol. The van der Waals surface area contributed by atoms with E-state index >= 15 is 0 Å². The van der Waals surface area contributed by atoms with Crippen molar-refractivity contribution in [3.05, 3.63) is 12.2 Å². The number of esters is 3. The van der Waals surface area contributed by atoms with E-state index in [0.29, 0.717) is 18.4 Å². The lowest BCUT2D eigenvalue weighted by atomic mass is 9.59. The molecule has 9 nitrogen and oxygen atoms in total. The lowest BCUT2D eigenvalue weighted by molar-refractivity contribution is -0.169. The Hall–Kier alpha value is -2.15. The van der Waals surface area contributed by atoms with Crippen LogP contribution < -0.4 is 0 Å². The maximum Gasteiger partial charge on any atom is 0.523 e. The number of fused-ring (bicyclic) bond motifs is 1. The number of alkyl halides is 3. The second-order valence-electron chi connectivity index (χ2n) is 11.0. The normalized spacial score (nSPS) is 45.1. The molecule has 1 saturated heterocycles. The second-order valence-corrected chi connectivity index (χ2v) is 12.6. The summed E-state index contributed by atoms with van der Waals surface area (Å²) in [5, 5.41) is 0. The molecule has 5 rings (SSSR count). The van der Waals surface area contributed by atoms with Crippen molar-refractivity contribution in [1.29, 1.82) is 0 Å². The first-order chi connectivity index (χ1) is 16.5. The molecule has 36 heavy (non-hydrogen) atoms. The van der Waals surface area contributed by atoms with Gasteiger partial charge in [-0.2, -0.15) is 21.6 Å². The highest BCUT2D eigenvalue weighted by atomic mass is 32.2. The average molecular weight is 537 g/mol. The third-order valence-corrected chi connectivity index (χ3v) is 10.6. The van der Waals surface area contributed by atoms with Crippen LogP contribution in [0.3, 0.4) is 0 Å². The van der Waals surface area contributed by atoms with E-state index in [1.807, 2.05) is 0 Å². The Bertz CT molecular complexity index is 1180. The van der Waals surface area contributed by atoms with Gasteiger partial charge < -0.3 is 14.2 Å². The highest BCUT2D eigenvalue weighted by Crippen LogP contribution is 2.79. The zero-order valence-corrected chi connectivity index (χ0v) is 20.8. The molecule has 1 heterocycles. The lowest BCUT2D eigenvalue weighted by Gasteiger charge is -2.46. The minimum Gasteiger partial charge on any atom is -0.469 e. The van der Waals surface area contributed by atoms with Gasteiger partial charge in [0.2, 0.25) is 0 Å². The Morgan fingerprint density at radius 1 is 1.19 bits per heavy atom. The topological polar surface area (TPSA) is 122 Å². The Morgan fingerprint density at radius 3 is 2.44 bits per heavy atom. The van der Waals surface area contributed by atoms with Gasteiger partial charge >= 0.3 is 33.5 Å². The number of halogens is 3. The van der Waals surface area contributed by atoms with Crippen LogP contribution in [0.4, 0.5) is 13.2 Å². The molecule has 200 valence electrons. The van der Waals surface area contributed by atoms with E-state index in [-0.39, 0.29) is 25.7 Å². The van der Waals surface area contributed by atoms with Gasteiger partial charge in [-0.15, -0.1) is 0 Å². The van der Waals surface area contributed by atoms with Crippen LogP contribution in [0.2, 0.25) is 0 Å². The predicted octanol–water partition coefficient (Wildman–Crippen LogP) is 2.78. The van der Waals surface area contributed by atoms with Gasteiger partial charge in [0, 0.05) is 18.8 Å². The molecule has 1 aliphatic heterocycles. The van der Waals surface area contributed by atoms with E-state index in [2.05, 4.69) is 10.8 Å². The largest absolute Gasteiger partial charge is 0.523 e. The molecular formula is C23H27F3O9S. The summed E-state index contributed by atoms with van der Waals surface area (Å²) in [6.07, 6.45) is -0.578. The van der Waals surface area contributed by atoms with Crippen molar-refractivity contribution in [2.75, 3.05) is 7.11 Å². The Kier molecular flexibility index (Phi) is 5.13. The number of hydrogen-bond acceptors (Lipinski definition) is 9. The molecule has 5 fully saturated rings. The summed E-state index contributed by atoms with van der Waals surface area (Å²) in [6.45, 7) is 6.72. The molecule has 0 aromatic rings. The zero-order chi connectivity index (χ0) is 26.7. The van der Waals surface area contributed by atoms with Crippen molar-refractivity contribution in [1.82, 2.24) is 0 Å². The van der Waals surface area contributed by atoms with Crippen LogP contribution in [-0.4, -0.2) is 56.2 Å². The SMILES string of the molecule is C=C1C[C@]23C[C@@]1(OC(C)=O)CCC2[C@@]12CC[C@@H](OS(=O)(=O)C(F)(F)F)[C@](C)(C(=O)O1)C2[C@@H]3C(=O)OC. The van der Waals surface area contributed by atoms with Crippen LogP contribution in [-0.2, 0) is 42.9 Å².